The number of aliphatic hydroxyl groups is 1. The maximum absolute atomic E-state index is 12.5. The Kier molecular flexibility index (Phi) is 6.23. The molecule has 1 aliphatic rings. The van der Waals surface area contributed by atoms with E-state index in [-0.39, 0.29) is 36.9 Å². The van der Waals surface area contributed by atoms with Gasteiger partial charge in [-0.05, 0) is 42.0 Å². The molecule has 0 saturated heterocycles. The van der Waals surface area contributed by atoms with Crippen LogP contribution in [-0.2, 0) is 20.9 Å². The van der Waals surface area contributed by atoms with Gasteiger partial charge in [0.15, 0.2) is 0 Å². The number of benzene rings is 1. The Morgan fingerprint density at radius 3 is 2.57 bits per heavy atom. The van der Waals surface area contributed by atoms with E-state index in [2.05, 4.69) is 10.3 Å². The van der Waals surface area contributed by atoms with E-state index >= 15 is 0 Å². The van der Waals surface area contributed by atoms with Crippen molar-refractivity contribution >= 4 is 17.6 Å². The highest BCUT2D eigenvalue weighted by molar-refractivity contribution is 6.08. The van der Waals surface area contributed by atoms with E-state index in [4.69, 9.17) is 14.6 Å². The molecule has 0 radical (unpaired) electrons. The van der Waals surface area contributed by atoms with Gasteiger partial charge in [0.25, 0.3) is 5.91 Å². The zero-order valence-electron chi connectivity index (χ0n) is 15.4. The normalized spacial score (nSPS) is 13.6. The third-order valence-electron chi connectivity index (χ3n) is 4.23. The fraction of sp³-hybridized carbons (Fsp3) is 0.250. The van der Waals surface area contributed by atoms with Crippen LogP contribution < -0.4 is 10.1 Å². The number of hydrogen-bond acceptors (Lipinski definition) is 7. The summed E-state index contributed by atoms with van der Waals surface area (Å²) >= 11 is 0. The summed E-state index contributed by atoms with van der Waals surface area (Å²) in [5.74, 6) is -0.259. The van der Waals surface area contributed by atoms with Crippen LogP contribution in [0.2, 0.25) is 0 Å². The van der Waals surface area contributed by atoms with Crippen LogP contribution in [0.3, 0.4) is 0 Å². The van der Waals surface area contributed by atoms with Gasteiger partial charge in [0.2, 0.25) is 0 Å². The molecule has 0 bridgehead atoms. The number of aliphatic hydroxyl groups excluding tert-OH is 1. The molecular weight excluding hydrogens is 362 g/mol. The molecule has 1 amide bonds. The van der Waals surface area contributed by atoms with Crippen LogP contribution in [0.4, 0.5) is 5.69 Å². The van der Waals surface area contributed by atoms with E-state index in [0.29, 0.717) is 18.0 Å². The van der Waals surface area contributed by atoms with Gasteiger partial charge in [-0.1, -0.05) is 0 Å². The van der Waals surface area contributed by atoms with Crippen molar-refractivity contribution in [2.75, 3.05) is 32.1 Å². The number of rotatable bonds is 8. The maximum Gasteiger partial charge on any atom is 0.337 e. The number of ether oxygens (including phenoxy) is 2. The van der Waals surface area contributed by atoms with Gasteiger partial charge in [0.05, 0.1) is 25.8 Å². The SMILES string of the molecule is COC(=O)C1=C(Nc2ccc(OCc3ccncc3)cc2)C(=O)N(CCO)C1. The van der Waals surface area contributed by atoms with Crippen LogP contribution in [0.1, 0.15) is 5.56 Å². The number of carbonyl (C=O) groups is 2. The summed E-state index contributed by atoms with van der Waals surface area (Å²) in [6.07, 6.45) is 3.41. The summed E-state index contributed by atoms with van der Waals surface area (Å²) in [5.41, 5.74) is 2.03. The Morgan fingerprint density at radius 2 is 1.93 bits per heavy atom. The predicted molar refractivity (Wildman–Crippen MR) is 101 cm³/mol. The molecule has 1 aromatic heterocycles. The van der Waals surface area contributed by atoms with Gasteiger partial charge in [-0.2, -0.15) is 0 Å². The summed E-state index contributed by atoms with van der Waals surface area (Å²) < 4.78 is 10.5. The monoisotopic (exact) mass is 383 g/mol. The molecule has 2 N–H and O–H groups in total. The van der Waals surface area contributed by atoms with Gasteiger partial charge in [0.1, 0.15) is 18.1 Å². The second-order valence-corrected chi connectivity index (χ2v) is 6.09. The van der Waals surface area contributed by atoms with Crippen molar-refractivity contribution in [1.82, 2.24) is 9.88 Å². The van der Waals surface area contributed by atoms with Crippen molar-refractivity contribution in [2.24, 2.45) is 0 Å². The lowest BCUT2D eigenvalue weighted by Crippen LogP contribution is -2.31. The fourth-order valence-corrected chi connectivity index (χ4v) is 2.77. The number of nitrogens with one attached hydrogen (secondary N) is 1. The largest absolute Gasteiger partial charge is 0.489 e. The number of aromatic nitrogens is 1. The molecule has 146 valence electrons. The van der Waals surface area contributed by atoms with Crippen LogP contribution >= 0.6 is 0 Å². The highest BCUT2D eigenvalue weighted by Gasteiger charge is 2.34. The number of esters is 1. The summed E-state index contributed by atoms with van der Waals surface area (Å²) in [6, 6.07) is 10.8. The summed E-state index contributed by atoms with van der Waals surface area (Å²) in [7, 11) is 1.26. The molecule has 8 heteroatoms. The molecule has 1 aromatic carbocycles. The number of methoxy groups -OCH3 is 1. The van der Waals surface area contributed by atoms with Crippen LogP contribution in [-0.4, -0.2) is 53.7 Å². The lowest BCUT2D eigenvalue weighted by atomic mass is 10.2. The molecule has 0 spiro atoms. The van der Waals surface area contributed by atoms with E-state index in [0.717, 1.165) is 5.56 Å². The minimum Gasteiger partial charge on any atom is -0.489 e. The van der Waals surface area contributed by atoms with E-state index in [9.17, 15) is 9.59 Å². The lowest BCUT2D eigenvalue weighted by molar-refractivity contribution is -0.136. The second-order valence-electron chi connectivity index (χ2n) is 6.09. The molecule has 1 aliphatic heterocycles. The number of hydrogen-bond donors (Lipinski definition) is 2. The average molecular weight is 383 g/mol. The number of nitrogens with zero attached hydrogens (tertiary/aromatic N) is 2. The van der Waals surface area contributed by atoms with Gasteiger partial charge in [0, 0.05) is 24.6 Å². The number of amides is 1. The van der Waals surface area contributed by atoms with E-state index < -0.39 is 5.97 Å². The van der Waals surface area contributed by atoms with Gasteiger partial charge >= 0.3 is 5.97 Å². The van der Waals surface area contributed by atoms with Gasteiger partial charge < -0.3 is 24.8 Å². The van der Waals surface area contributed by atoms with E-state index in [1.54, 1.807) is 36.7 Å². The third kappa shape index (κ3) is 4.47. The van der Waals surface area contributed by atoms with Gasteiger partial charge in [-0.3, -0.25) is 9.78 Å². The van der Waals surface area contributed by atoms with Crippen molar-refractivity contribution in [2.45, 2.75) is 6.61 Å². The zero-order valence-corrected chi connectivity index (χ0v) is 15.4. The number of β-amino-alcohol motifs (C(OH)–C–C–N with tert-alkyl or cyclic N) is 1. The molecule has 0 unspecified atom stereocenters. The topological polar surface area (TPSA) is 101 Å². The maximum atomic E-state index is 12.5. The Balaban J connectivity index is 1.69. The Hall–Kier alpha value is -3.39. The molecule has 0 saturated carbocycles. The number of pyridine rings is 1. The third-order valence-corrected chi connectivity index (χ3v) is 4.23. The standard InChI is InChI=1S/C20H21N3O5/c1-27-20(26)17-12-23(10-11-24)19(25)18(17)22-15-2-4-16(5-3-15)28-13-14-6-8-21-9-7-14/h2-9,22,24H,10-13H2,1H3. The Labute approximate surface area is 162 Å². The second kappa shape index (κ2) is 9.01. The van der Waals surface area contributed by atoms with Crippen molar-refractivity contribution in [3.63, 3.8) is 0 Å². The molecule has 3 rings (SSSR count). The van der Waals surface area contributed by atoms with Crippen molar-refractivity contribution in [1.29, 1.82) is 0 Å². The average Bonchev–Trinajstić information content (AvgIpc) is 3.03. The summed E-state index contributed by atoms with van der Waals surface area (Å²) in [6.45, 7) is 0.479. The minimum atomic E-state index is -0.575. The van der Waals surface area contributed by atoms with Crippen molar-refractivity contribution in [3.05, 3.63) is 65.6 Å². The first-order valence-electron chi connectivity index (χ1n) is 8.72. The predicted octanol–water partition coefficient (Wildman–Crippen LogP) is 1.33. The molecule has 2 heterocycles. The van der Waals surface area contributed by atoms with Crippen LogP contribution in [0.5, 0.6) is 5.75 Å². The summed E-state index contributed by atoms with van der Waals surface area (Å²) in [4.78, 5) is 29.9. The van der Waals surface area contributed by atoms with Crippen LogP contribution in [0.25, 0.3) is 0 Å². The quantitative estimate of drug-likeness (QED) is 0.663. The fourth-order valence-electron chi connectivity index (χ4n) is 2.77. The zero-order chi connectivity index (χ0) is 19.9. The molecule has 2 aromatic rings. The highest BCUT2D eigenvalue weighted by atomic mass is 16.5. The van der Waals surface area contributed by atoms with E-state index in [1.807, 2.05) is 12.1 Å². The van der Waals surface area contributed by atoms with Gasteiger partial charge in [-0.25, -0.2) is 4.79 Å². The first-order chi connectivity index (χ1) is 13.6. The highest BCUT2D eigenvalue weighted by Crippen LogP contribution is 2.24. The van der Waals surface area contributed by atoms with Crippen LogP contribution in [0, 0.1) is 0 Å². The lowest BCUT2D eigenvalue weighted by Gasteiger charge is -2.15. The smallest absolute Gasteiger partial charge is 0.337 e. The Morgan fingerprint density at radius 1 is 1.21 bits per heavy atom. The first-order valence-corrected chi connectivity index (χ1v) is 8.72. The number of carbonyl (C=O) groups excluding carboxylic acids is 2. The molecule has 0 atom stereocenters. The van der Waals surface area contributed by atoms with E-state index in [1.165, 1.54) is 12.0 Å². The molecular formula is C20H21N3O5. The molecule has 28 heavy (non-hydrogen) atoms. The molecule has 0 fully saturated rings. The van der Waals surface area contributed by atoms with Gasteiger partial charge in [-0.15, -0.1) is 0 Å². The molecule has 0 aliphatic carbocycles. The van der Waals surface area contributed by atoms with Crippen molar-refractivity contribution in [3.8, 4) is 5.75 Å². The van der Waals surface area contributed by atoms with Crippen molar-refractivity contribution < 1.29 is 24.2 Å². The Bertz CT molecular complexity index is 865. The molecule has 8 nitrogen and oxygen atoms in total. The first kappa shape index (κ1) is 19.4. The number of anilines is 1. The van der Waals surface area contributed by atoms with Crippen LogP contribution in [0.15, 0.2) is 60.1 Å². The minimum absolute atomic E-state index is 0.0987. The summed E-state index contributed by atoms with van der Waals surface area (Å²) in [5, 5.41) is 12.1.